The monoisotopic (exact) mass is 288 g/mol. The fraction of sp³-hybridized carbons (Fsp3) is 0.438. The molecule has 1 aromatic heterocycles. The van der Waals surface area contributed by atoms with Gasteiger partial charge in [0.15, 0.2) is 5.82 Å². The van der Waals surface area contributed by atoms with Gasteiger partial charge in [-0.25, -0.2) is 0 Å². The molecule has 4 heteroatoms. The van der Waals surface area contributed by atoms with E-state index in [0.717, 1.165) is 33.7 Å². The SMILES string of the molecule is Nc1noc(C2C3CCCCC32)c1-c1ccc(Cl)cc1. The summed E-state index contributed by atoms with van der Waals surface area (Å²) in [5.74, 6) is 3.56. The summed E-state index contributed by atoms with van der Waals surface area (Å²) in [5.41, 5.74) is 8.05. The van der Waals surface area contributed by atoms with E-state index in [1.165, 1.54) is 25.7 Å². The molecule has 4 rings (SSSR count). The molecule has 0 saturated heterocycles. The Morgan fingerprint density at radius 1 is 1.10 bits per heavy atom. The van der Waals surface area contributed by atoms with Gasteiger partial charge in [0, 0.05) is 10.9 Å². The smallest absolute Gasteiger partial charge is 0.175 e. The zero-order valence-corrected chi connectivity index (χ0v) is 11.9. The summed E-state index contributed by atoms with van der Waals surface area (Å²) in [6, 6.07) is 7.74. The molecule has 2 saturated carbocycles. The molecule has 2 atom stereocenters. The van der Waals surface area contributed by atoms with Gasteiger partial charge in [0.25, 0.3) is 0 Å². The molecule has 104 valence electrons. The molecule has 20 heavy (non-hydrogen) atoms. The van der Waals surface area contributed by atoms with Gasteiger partial charge >= 0.3 is 0 Å². The van der Waals surface area contributed by atoms with Gasteiger partial charge in [-0.05, 0) is 42.4 Å². The summed E-state index contributed by atoms with van der Waals surface area (Å²) in [6.07, 6.45) is 5.32. The van der Waals surface area contributed by atoms with Crippen LogP contribution in [0.25, 0.3) is 11.1 Å². The van der Waals surface area contributed by atoms with Crippen LogP contribution in [0.2, 0.25) is 5.02 Å². The van der Waals surface area contributed by atoms with E-state index in [4.69, 9.17) is 21.9 Å². The van der Waals surface area contributed by atoms with Crippen LogP contribution in [0.4, 0.5) is 5.82 Å². The highest BCUT2D eigenvalue weighted by atomic mass is 35.5. The van der Waals surface area contributed by atoms with Gasteiger partial charge < -0.3 is 10.3 Å². The highest BCUT2D eigenvalue weighted by Gasteiger charge is 2.54. The molecular formula is C16H17ClN2O. The lowest BCUT2D eigenvalue weighted by molar-refractivity contribution is 0.381. The van der Waals surface area contributed by atoms with Crippen molar-refractivity contribution in [2.75, 3.05) is 5.73 Å². The van der Waals surface area contributed by atoms with Crippen molar-refractivity contribution >= 4 is 17.4 Å². The van der Waals surface area contributed by atoms with Crippen molar-refractivity contribution in [1.29, 1.82) is 0 Å². The maximum atomic E-state index is 6.03. The second-order valence-electron chi connectivity index (χ2n) is 5.95. The van der Waals surface area contributed by atoms with Crippen LogP contribution in [0, 0.1) is 11.8 Å². The third kappa shape index (κ3) is 1.84. The molecular weight excluding hydrogens is 272 g/mol. The normalized spacial score (nSPS) is 28.1. The maximum Gasteiger partial charge on any atom is 0.175 e. The zero-order valence-electron chi connectivity index (χ0n) is 11.2. The number of hydrogen-bond acceptors (Lipinski definition) is 3. The van der Waals surface area contributed by atoms with Crippen LogP contribution in [-0.2, 0) is 0 Å². The van der Waals surface area contributed by atoms with Gasteiger partial charge in [-0.15, -0.1) is 0 Å². The maximum absolute atomic E-state index is 6.03. The Morgan fingerprint density at radius 2 is 1.75 bits per heavy atom. The molecule has 0 bridgehead atoms. The molecule has 3 nitrogen and oxygen atoms in total. The van der Waals surface area contributed by atoms with Crippen molar-refractivity contribution < 1.29 is 4.52 Å². The molecule has 1 heterocycles. The quantitative estimate of drug-likeness (QED) is 0.886. The van der Waals surface area contributed by atoms with Gasteiger partial charge in [0.05, 0.1) is 5.56 Å². The first-order valence-electron chi connectivity index (χ1n) is 7.26. The molecule has 2 fully saturated rings. The highest BCUT2D eigenvalue weighted by molar-refractivity contribution is 6.30. The molecule has 0 spiro atoms. The van der Waals surface area contributed by atoms with Crippen LogP contribution in [0.1, 0.15) is 37.4 Å². The lowest BCUT2D eigenvalue weighted by Gasteiger charge is -2.04. The zero-order chi connectivity index (χ0) is 13.7. The Morgan fingerprint density at radius 3 is 2.40 bits per heavy atom. The van der Waals surface area contributed by atoms with E-state index >= 15 is 0 Å². The van der Waals surface area contributed by atoms with E-state index in [0.29, 0.717) is 11.7 Å². The summed E-state index contributed by atoms with van der Waals surface area (Å²) in [7, 11) is 0. The number of fused-ring (bicyclic) bond motifs is 1. The summed E-state index contributed by atoms with van der Waals surface area (Å²) in [5, 5.41) is 4.73. The largest absolute Gasteiger partial charge is 0.380 e. The number of aromatic nitrogens is 1. The molecule has 0 amide bonds. The Bertz CT molecular complexity index is 622. The third-order valence-corrected chi connectivity index (χ3v) is 5.09. The molecule has 1 aromatic carbocycles. The summed E-state index contributed by atoms with van der Waals surface area (Å²) < 4.78 is 5.59. The molecule has 2 aliphatic rings. The number of nitrogens with two attached hydrogens (primary N) is 1. The molecule has 2 aromatic rings. The minimum atomic E-state index is 0.492. The Hall–Kier alpha value is -1.48. The first-order chi connectivity index (χ1) is 9.75. The molecule has 2 N–H and O–H groups in total. The number of nitrogens with zero attached hydrogens (tertiary/aromatic N) is 1. The fourth-order valence-corrected chi connectivity index (χ4v) is 3.96. The fourth-order valence-electron chi connectivity index (χ4n) is 3.83. The predicted molar refractivity (Wildman–Crippen MR) is 79.6 cm³/mol. The average molecular weight is 289 g/mol. The standard InChI is InChI=1S/C16H17ClN2O/c17-10-7-5-9(6-8-10)13-15(20-19-16(13)18)14-11-3-1-2-4-12(11)14/h5-8,11-12,14H,1-4H2,(H2,18,19). The number of anilines is 1. The van der Waals surface area contributed by atoms with Crippen molar-refractivity contribution in [3.63, 3.8) is 0 Å². The van der Waals surface area contributed by atoms with E-state index in [9.17, 15) is 0 Å². The number of rotatable bonds is 2. The third-order valence-electron chi connectivity index (χ3n) is 4.84. The lowest BCUT2D eigenvalue weighted by Crippen LogP contribution is -1.91. The van der Waals surface area contributed by atoms with Gasteiger partial charge in [-0.1, -0.05) is 41.7 Å². The number of halogens is 1. The average Bonchev–Trinajstić information content (AvgIpc) is 3.08. The highest BCUT2D eigenvalue weighted by Crippen LogP contribution is 2.62. The van der Waals surface area contributed by atoms with Gasteiger partial charge in [0.1, 0.15) is 5.76 Å². The first-order valence-corrected chi connectivity index (χ1v) is 7.64. The van der Waals surface area contributed by atoms with E-state index in [1.54, 1.807) is 0 Å². The van der Waals surface area contributed by atoms with E-state index in [1.807, 2.05) is 24.3 Å². The van der Waals surface area contributed by atoms with Crippen LogP contribution in [0.5, 0.6) is 0 Å². The number of benzene rings is 1. The van der Waals surface area contributed by atoms with Crippen LogP contribution >= 0.6 is 11.6 Å². The van der Waals surface area contributed by atoms with E-state index < -0.39 is 0 Å². The van der Waals surface area contributed by atoms with Gasteiger partial charge in [0.2, 0.25) is 0 Å². The Labute approximate surface area is 123 Å². The molecule has 2 unspecified atom stereocenters. The van der Waals surface area contributed by atoms with Crippen molar-refractivity contribution in [2.24, 2.45) is 11.8 Å². The van der Waals surface area contributed by atoms with Gasteiger partial charge in [-0.3, -0.25) is 0 Å². The molecule has 0 aliphatic heterocycles. The Balaban J connectivity index is 1.73. The first kappa shape index (κ1) is 12.3. The lowest BCUT2D eigenvalue weighted by atomic mass is 10.0. The minimum absolute atomic E-state index is 0.492. The van der Waals surface area contributed by atoms with Crippen LogP contribution in [0.15, 0.2) is 28.8 Å². The molecule has 0 radical (unpaired) electrons. The van der Waals surface area contributed by atoms with Crippen molar-refractivity contribution in [3.05, 3.63) is 35.0 Å². The summed E-state index contributed by atoms with van der Waals surface area (Å²) >= 11 is 5.96. The van der Waals surface area contributed by atoms with E-state index in [2.05, 4.69) is 5.16 Å². The van der Waals surface area contributed by atoms with Crippen LogP contribution in [0.3, 0.4) is 0 Å². The second-order valence-corrected chi connectivity index (χ2v) is 6.39. The summed E-state index contributed by atoms with van der Waals surface area (Å²) in [4.78, 5) is 0. The predicted octanol–water partition coefficient (Wildman–Crippen LogP) is 4.48. The topological polar surface area (TPSA) is 52.0 Å². The summed E-state index contributed by atoms with van der Waals surface area (Å²) in [6.45, 7) is 0. The van der Waals surface area contributed by atoms with Crippen molar-refractivity contribution in [2.45, 2.75) is 31.6 Å². The molecule has 2 aliphatic carbocycles. The van der Waals surface area contributed by atoms with Gasteiger partial charge in [-0.2, -0.15) is 0 Å². The van der Waals surface area contributed by atoms with Crippen molar-refractivity contribution in [1.82, 2.24) is 5.16 Å². The minimum Gasteiger partial charge on any atom is -0.380 e. The Kier molecular flexibility index (Phi) is 2.77. The van der Waals surface area contributed by atoms with E-state index in [-0.39, 0.29) is 0 Å². The number of hydrogen-bond donors (Lipinski definition) is 1. The second kappa shape index (κ2) is 4.52. The van der Waals surface area contributed by atoms with Crippen LogP contribution in [-0.4, -0.2) is 5.16 Å². The number of nitrogen functional groups attached to an aromatic ring is 1. The van der Waals surface area contributed by atoms with Crippen molar-refractivity contribution in [3.8, 4) is 11.1 Å². The van der Waals surface area contributed by atoms with Crippen LogP contribution < -0.4 is 5.73 Å².